The Balaban J connectivity index is 2.41. The molecule has 0 fully saturated rings. The van der Waals surface area contributed by atoms with Crippen LogP contribution in [0.2, 0.25) is 0 Å². The standard InChI is InChI=1S/C12H14N6/c1-16-8-4-2-7(3-5-8)10(13)9-11(14)17-6-18-12(9)15/h2-6,13,16H,1H3,(H4,14,15,17,18). The van der Waals surface area contributed by atoms with Gasteiger partial charge in [-0.1, -0.05) is 12.1 Å². The van der Waals surface area contributed by atoms with Gasteiger partial charge < -0.3 is 16.8 Å². The van der Waals surface area contributed by atoms with Crippen LogP contribution in [-0.4, -0.2) is 22.7 Å². The van der Waals surface area contributed by atoms with Crippen molar-refractivity contribution in [2.24, 2.45) is 0 Å². The van der Waals surface area contributed by atoms with Crippen LogP contribution in [0.3, 0.4) is 0 Å². The first-order valence-corrected chi connectivity index (χ1v) is 5.36. The second kappa shape index (κ2) is 4.70. The summed E-state index contributed by atoms with van der Waals surface area (Å²) in [5.41, 5.74) is 13.7. The molecule has 0 saturated heterocycles. The summed E-state index contributed by atoms with van der Waals surface area (Å²) in [5.74, 6) is 0.426. The second-order valence-corrected chi connectivity index (χ2v) is 3.72. The minimum Gasteiger partial charge on any atom is -0.388 e. The fourth-order valence-corrected chi connectivity index (χ4v) is 1.62. The van der Waals surface area contributed by atoms with Crippen LogP contribution >= 0.6 is 0 Å². The van der Waals surface area contributed by atoms with Gasteiger partial charge in [0.25, 0.3) is 0 Å². The lowest BCUT2D eigenvalue weighted by molar-refractivity contribution is 1.17. The van der Waals surface area contributed by atoms with Gasteiger partial charge >= 0.3 is 0 Å². The van der Waals surface area contributed by atoms with E-state index in [4.69, 9.17) is 16.9 Å². The number of nitrogens with zero attached hydrogens (tertiary/aromatic N) is 2. The molecular formula is C12H14N6. The molecule has 0 spiro atoms. The van der Waals surface area contributed by atoms with Crippen molar-refractivity contribution in [2.45, 2.75) is 0 Å². The van der Waals surface area contributed by atoms with Gasteiger partial charge in [-0.15, -0.1) is 0 Å². The first-order valence-electron chi connectivity index (χ1n) is 5.36. The summed E-state index contributed by atoms with van der Waals surface area (Å²) in [5, 5.41) is 11.1. The van der Waals surface area contributed by atoms with Gasteiger partial charge in [0.1, 0.15) is 18.0 Å². The number of rotatable bonds is 3. The van der Waals surface area contributed by atoms with E-state index >= 15 is 0 Å². The molecule has 0 saturated carbocycles. The Morgan fingerprint density at radius 1 is 1.11 bits per heavy atom. The molecule has 6 nitrogen and oxygen atoms in total. The monoisotopic (exact) mass is 242 g/mol. The number of aromatic nitrogens is 2. The lowest BCUT2D eigenvalue weighted by Crippen LogP contribution is -2.12. The van der Waals surface area contributed by atoms with E-state index in [1.807, 2.05) is 31.3 Å². The summed E-state index contributed by atoms with van der Waals surface area (Å²) in [6, 6.07) is 7.39. The van der Waals surface area contributed by atoms with E-state index in [-0.39, 0.29) is 17.3 Å². The Morgan fingerprint density at radius 2 is 1.67 bits per heavy atom. The van der Waals surface area contributed by atoms with Crippen molar-refractivity contribution in [1.82, 2.24) is 9.97 Å². The number of nitrogen functional groups attached to an aromatic ring is 2. The maximum atomic E-state index is 8.12. The van der Waals surface area contributed by atoms with Gasteiger partial charge in [0, 0.05) is 18.3 Å². The highest BCUT2D eigenvalue weighted by molar-refractivity contribution is 6.16. The van der Waals surface area contributed by atoms with Crippen LogP contribution in [0.15, 0.2) is 30.6 Å². The third-order valence-electron chi connectivity index (χ3n) is 2.62. The zero-order valence-corrected chi connectivity index (χ0v) is 9.94. The first-order chi connectivity index (χ1) is 8.63. The third-order valence-corrected chi connectivity index (χ3v) is 2.62. The zero-order valence-electron chi connectivity index (χ0n) is 9.94. The SMILES string of the molecule is CNc1ccc(C(=N)c2c(N)ncnc2N)cc1. The highest BCUT2D eigenvalue weighted by atomic mass is 15.0. The molecule has 1 aromatic heterocycles. The van der Waals surface area contributed by atoms with Gasteiger partial charge in [-0.3, -0.25) is 5.41 Å². The molecule has 0 radical (unpaired) electrons. The van der Waals surface area contributed by atoms with Crippen molar-refractivity contribution in [3.05, 3.63) is 41.7 Å². The summed E-state index contributed by atoms with van der Waals surface area (Å²) >= 11 is 0. The molecule has 6 N–H and O–H groups in total. The molecule has 0 aliphatic heterocycles. The molecule has 92 valence electrons. The lowest BCUT2D eigenvalue weighted by Gasteiger charge is -2.09. The van der Waals surface area contributed by atoms with Crippen LogP contribution in [-0.2, 0) is 0 Å². The predicted molar refractivity (Wildman–Crippen MR) is 72.8 cm³/mol. The van der Waals surface area contributed by atoms with E-state index in [1.54, 1.807) is 0 Å². The van der Waals surface area contributed by atoms with Gasteiger partial charge in [0.15, 0.2) is 0 Å². The topological polar surface area (TPSA) is 114 Å². The molecule has 2 aromatic rings. The average molecular weight is 242 g/mol. The highest BCUT2D eigenvalue weighted by Gasteiger charge is 2.13. The van der Waals surface area contributed by atoms with E-state index < -0.39 is 0 Å². The maximum Gasteiger partial charge on any atom is 0.138 e. The molecule has 0 amide bonds. The average Bonchev–Trinajstić information content (AvgIpc) is 2.38. The maximum absolute atomic E-state index is 8.12. The van der Waals surface area contributed by atoms with Gasteiger partial charge in [-0.25, -0.2) is 9.97 Å². The van der Waals surface area contributed by atoms with E-state index in [2.05, 4.69) is 15.3 Å². The highest BCUT2D eigenvalue weighted by Crippen LogP contribution is 2.19. The molecule has 0 bridgehead atoms. The number of nitrogens with one attached hydrogen (secondary N) is 2. The molecule has 1 aromatic carbocycles. The van der Waals surface area contributed by atoms with Crippen molar-refractivity contribution in [1.29, 1.82) is 5.41 Å². The lowest BCUT2D eigenvalue weighted by atomic mass is 10.0. The summed E-state index contributed by atoms with van der Waals surface area (Å²) in [6.07, 6.45) is 1.28. The van der Waals surface area contributed by atoms with Gasteiger partial charge in [0.2, 0.25) is 0 Å². The smallest absolute Gasteiger partial charge is 0.138 e. The fourth-order valence-electron chi connectivity index (χ4n) is 1.62. The zero-order chi connectivity index (χ0) is 13.1. The van der Waals surface area contributed by atoms with E-state index in [0.29, 0.717) is 11.1 Å². The molecular weight excluding hydrogens is 228 g/mol. The van der Waals surface area contributed by atoms with Gasteiger partial charge in [-0.2, -0.15) is 0 Å². The Hall–Kier alpha value is -2.63. The van der Waals surface area contributed by atoms with Crippen molar-refractivity contribution in [2.75, 3.05) is 23.8 Å². The third kappa shape index (κ3) is 2.08. The van der Waals surface area contributed by atoms with Crippen LogP contribution in [0.1, 0.15) is 11.1 Å². The van der Waals surface area contributed by atoms with E-state index in [0.717, 1.165) is 5.69 Å². The van der Waals surface area contributed by atoms with Crippen molar-refractivity contribution < 1.29 is 0 Å². The van der Waals surface area contributed by atoms with Crippen LogP contribution in [0, 0.1) is 5.41 Å². The fraction of sp³-hybridized carbons (Fsp3) is 0.0833. The van der Waals surface area contributed by atoms with Crippen molar-refractivity contribution in [3.8, 4) is 0 Å². The Labute approximate surface area is 105 Å². The number of hydrogen-bond donors (Lipinski definition) is 4. The minimum absolute atomic E-state index is 0.213. The number of hydrogen-bond acceptors (Lipinski definition) is 6. The van der Waals surface area contributed by atoms with E-state index in [1.165, 1.54) is 6.33 Å². The molecule has 0 aliphatic carbocycles. The molecule has 0 aliphatic rings. The first kappa shape index (κ1) is 11.8. The van der Waals surface area contributed by atoms with Gasteiger partial charge in [-0.05, 0) is 12.1 Å². The van der Waals surface area contributed by atoms with Crippen molar-refractivity contribution >= 4 is 23.0 Å². The summed E-state index contributed by atoms with van der Waals surface area (Å²) in [7, 11) is 1.83. The van der Waals surface area contributed by atoms with Crippen LogP contribution in [0.25, 0.3) is 0 Å². The second-order valence-electron chi connectivity index (χ2n) is 3.72. The summed E-state index contributed by atoms with van der Waals surface area (Å²) in [6.45, 7) is 0. The van der Waals surface area contributed by atoms with Crippen LogP contribution in [0.5, 0.6) is 0 Å². The Bertz CT molecular complexity index is 555. The van der Waals surface area contributed by atoms with Crippen molar-refractivity contribution in [3.63, 3.8) is 0 Å². The minimum atomic E-state index is 0.213. The predicted octanol–water partition coefficient (Wildman–Crippen LogP) is 1.10. The molecule has 18 heavy (non-hydrogen) atoms. The molecule has 2 rings (SSSR count). The summed E-state index contributed by atoms with van der Waals surface area (Å²) < 4.78 is 0. The number of anilines is 3. The van der Waals surface area contributed by atoms with Crippen LogP contribution < -0.4 is 16.8 Å². The van der Waals surface area contributed by atoms with Crippen LogP contribution in [0.4, 0.5) is 17.3 Å². The molecule has 0 atom stereocenters. The summed E-state index contributed by atoms with van der Waals surface area (Å²) in [4.78, 5) is 7.71. The van der Waals surface area contributed by atoms with Gasteiger partial charge in [0.05, 0.1) is 11.3 Å². The number of nitrogens with two attached hydrogens (primary N) is 2. The quantitative estimate of drug-likeness (QED) is 0.602. The molecule has 1 heterocycles. The van der Waals surface area contributed by atoms with E-state index in [9.17, 15) is 0 Å². The number of benzene rings is 1. The normalized spacial score (nSPS) is 10.1. The molecule has 6 heteroatoms. The largest absolute Gasteiger partial charge is 0.388 e. The Kier molecular flexibility index (Phi) is 3.09. The Morgan fingerprint density at radius 3 is 2.17 bits per heavy atom. The molecule has 0 unspecified atom stereocenters.